The van der Waals surface area contributed by atoms with Gasteiger partial charge < -0.3 is 5.43 Å². The SMILES string of the molecule is CC(C)CCN(Cc1ccc(NN)nc1)C1CC1. The van der Waals surface area contributed by atoms with Gasteiger partial charge in [-0.15, -0.1) is 0 Å². The molecule has 0 spiro atoms. The molecule has 1 aromatic rings. The number of nitrogen functional groups attached to an aromatic ring is 1. The van der Waals surface area contributed by atoms with Gasteiger partial charge in [0.05, 0.1) is 0 Å². The monoisotopic (exact) mass is 248 g/mol. The van der Waals surface area contributed by atoms with Gasteiger partial charge in [-0.05, 0) is 43.4 Å². The van der Waals surface area contributed by atoms with Gasteiger partial charge in [0.1, 0.15) is 5.82 Å². The molecule has 0 saturated heterocycles. The Morgan fingerprint density at radius 3 is 2.72 bits per heavy atom. The molecule has 0 amide bonds. The highest BCUT2D eigenvalue weighted by Gasteiger charge is 2.28. The quantitative estimate of drug-likeness (QED) is 0.574. The smallest absolute Gasteiger partial charge is 0.139 e. The lowest BCUT2D eigenvalue weighted by Gasteiger charge is -2.23. The van der Waals surface area contributed by atoms with Crippen molar-refractivity contribution in [3.63, 3.8) is 0 Å². The topological polar surface area (TPSA) is 54.2 Å². The summed E-state index contributed by atoms with van der Waals surface area (Å²) in [4.78, 5) is 6.85. The zero-order valence-corrected chi connectivity index (χ0v) is 11.4. The van der Waals surface area contributed by atoms with Crippen molar-refractivity contribution in [1.82, 2.24) is 9.88 Å². The fraction of sp³-hybridized carbons (Fsp3) is 0.643. The lowest BCUT2D eigenvalue weighted by Crippen LogP contribution is -2.27. The van der Waals surface area contributed by atoms with Crippen molar-refractivity contribution in [3.05, 3.63) is 23.9 Å². The fourth-order valence-electron chi connectivity index (χ4n) is 2.09. The number of hydrogen-bond donors (Lipinski definition) is 2. The van der Waals surface area contributed by atoms with Crippen molar-refractivity contribution in [2.75, 3.05) is 12.0 Å². The molecule has 4 nitrogen and oxygen atoms in total. The number of nitrogens with zero attached hydrogens (tertiary/aromatic N) is 2. The molecule has 0 bridgehead atoms. The lowest BCUT2D eigenvalue weighted by molar-refractivity contribution is 0.239. The molecule has 1 aliphatic carbocycles. The Balaban J connectivity index is 1.90. The highest BCUT2D eigenvalue weighted by Crippen LogP contribution is 2.28. The van der Waals surface area contributed by atoms with Crippen LogP contribution in [0.2, 0.25) is 0 Å². The highest BCUT2D eigenvalue weighted by molar-refractivity contribution is 5.33. The summed E-state index contributed by atoms with van der Waals surface area (Å²) in [6.45, 7) is 6.77. The maximum Gasteiger partial charge on any atom is 0.139 e. The number of anilines is 1. The van der Waals surface area contributed by atoms with Crippen molar-refractivity contribution >= 4 is 5.82 Å². The Bertz CT molecular complexity index is 357. The van der Waals surface area contributed by atoms with E-state index in [1.165, 1.54) is 31.4 Å². The Morgan fingerprint density at radius 1 is 1.44 bits per heavy atom. The molecule has 1 aliphatic rings. The predicted molar refractivity (Wildman–Crippen MR) is 74.9 cm³/mol. The third-order valence-electron chi connectivity index (χ3n) is 3.42. The summed E-state index contributed by atoms with van der Waals surface area (Å²) in [5, 5.41) is 0. The van der Waals surface area contributed by atoms with E-state index in [4.69, 9.17) is 5.84 Å². The van der Waals surface area contributed by atoms with E-state index in [2.05, 4.69) is 35.2 Å². The van der Waals surface area contributed by atoms with E-state index in [9.17, 15) is 0 Å². The maximum absolute atomic E-state index is 5.32. The summed E-state index contributed by atoms with van der Waals surface area (Å²) < 4.78 is 0. The molecule has 18 heavy (non-hydrogen) atoms. The fourth-order valence-corrected chi connectivity index (χ4v) is 2.09. The first-order chi connectivity index (χ1) is 8.69. The molecule has 1 fully saturated rings. The first kappa shape index (κ1) is 13.3. The number of nitrogens with one attached hydrogen (secondary N) is 1. The van der Waals surface area contributed by atoms with Crippen LogP contribution in [0.1, 0.15) is 38.7 Å². The summed E-state index contributed by atoms with van der Waals surface area (Å²) in [5.74, 6) is 6.81. The molecule has 0 atom stereocenters. The van der Waals surface area contributed by atoms with Gasteiger partial charge in [-0.1, -0.05) is 19.9 Å². The Morgan fingerprint density at radius 2 is 2.22 bits per heavy atom. The predicted octanol–water partition coefficient (Wildman–Crippen LogP) is 2.38. The van der Waals surface area contributed by atoms with Crippen molar-refractivity contribution in [1.29, 1.82) is 0 Å². The van der Waals surface area contributed by atoms with Crippen LogP contribution in [0.25, 0.3) is 0 Å². The van der Waals surface area contributed by atoms with Gasteiger partial charge in [0.25, 0.3) is 0 Å². The van der Waals surface area contributed by atoms with E-state index in [0.29, 0.717) is 0 Å². The summed E-state index contributed by atoms with van der Waals surface area (Å²) >= 11 is 0. The molecular formula is C14H24N4. The molecule has 1 aromatic heterocycles. The van der Waals surface area contributed by atoms with E-state index in [1.807, 2.05) is 12.3 Å². The summed E-state index contributed by atoms with van der Waals surface area (Å²) in [6, 6.07) is 4.84. The van der Waals surface area contributed by atoms with Gasteiger partial charge >= 0.3 is 0 Å². The summed E-state index contributed by atoms with van der Waals surface area (Å²) in [7, 11) is 0. The van der Waals surface area contributed by atoms with Crippen LogP contribution in [0.5, 0.6) is 0 Å². The molecule has 0 aliphatic heterocycles. The van der Waals surface area contributed by atoms with Crippen LogP contribution in [0, 0.1) is 5.92 Å². The minimum atomic E-state index is 0.721. The van der Waals surface area contributed by atoms with Crippen LogP contribution in [-0.4, -0.2) is 22.5 Å². The average molecular weight is 248 g/mol. The normalized spacial score (nSPS) is 15.4. The van der Waals surface area contributed by atoms with Gasteiger partial charge in [0, 0.05) is 18.8 Å². The second-order valence-electron chi connectivity index (χ2n) is 5.58. The van der Waals surface area contributed by atoms with E-state index < -0.39 is 0 Å². The second kappa shape index (κ2) is 6.16. The number of aromatic nitrogens is 1. The van der Waals surface area contributed by atoms with Crippen molar-refractivity contribution in [2.24, 2.45) is 11.8 Å². The van der Waals surface area contributed by atoms with Crippen LogP contribution in [0.4, 0.5) is 5.82 Å². The van der Waals surface area contributed by atoms with Gasteiger partial charge in [-0.2, -0.15) is 0 Å². The zero-order valence-electron chi connectivity index (χ0n) is 11.4. The van der Waals surface area contributed by atoms with E-state index in [-0.39, 0.29) is 0 Å². The number of pyridine rings is 1. The molecule has 100 valence electrons. The molecule has 2 rings (SSSR count). The molecule has 1 heterocycles. The third-order valence-corrected chi connectivity index (χ3v) is 3.42. The molecule has 1 saturated carbocycles. The zero-order chi connectivity index (χ0) is 13.0. The lowest BCUT2D eigenvalue weighted by atomic mass is 10.1. The molecular weight excluding hydrogens is 224 g/mol. The Hall–Kier alpha value is -1.13. The van der Waals surface area contributed by atoms with Gasteiger partial charge in [0.15, 0.2) is 0 Å². The molecule has 3 N–H and O–H groups in total. The standard InChI is InChI=1S/C14H24N4/c1-11(2)7-8-18(13-4-5-13)10-12-3-6-14(17-15)16-9-12/h3,6,9,11,13H,4-5,7-8,10,15H2,1-2H3,(H,16,17). The highest BCUT2D eigenvalue weighted by atomic mass is 15.2. The van der Waals surface area contributed by atoms with Crippen LogP contribution < -0.4 is 11.3 Å². The van der Waals surface area contributed by atoms with Crippen LogP contribution in [-0.2, 0) is 6.54 Å². The van der Waals surface area contributed by atoms with Crippen molar-refractivity contribution < 1.29 is 0 Å². The molecule has 0 unspecified atom stereocenters. The number of rotatable bonds is 7. The summed E-state index contributed by atoms with van der Waals surface area (Å²) in [6.07, 6.45) is 5.90. The number of nitrogens with two attached hydrogens (primary N) is 1. The number of hydrazine groups is 1. The van der Waals surface area contributed by atoms with E-state index in [1.54, 1.807) is 0 Å². The molecule has 0 radical (unpaired) electrons. The third kappa shape index (κ3) is 3.96. The minimum Gasteiger partial charge on any atom is -0.308 e. The summed E-state index contributed by atoms with van der Waals surface area (Å²) in [5.41, 5.74) is 3.83. The van der Waals surface area contributed by atoms with Crippen molar-refractivity contribution in [3.8, 4) is 0 Å². The second-order valence-corrected chi connectivity index (χ2v) is 5.58. The maximum atomic E-state index is 5.32. The first-order valence-electron chi connectivity index (χ1n) is 6.84. The number of hydrogen-bond acceptors (Lipinski definition) is 4. The van der Waals surface area contributed by atoms with Crippen LogP contribution in [0.15, 0.2) is 18.3 Å². The Labute approximate surface area is 110 Å². The largest absolute Gasteiger partial charge is 0.308 e. The minimum absolute atomic E-state index is 0.721. The van der Waals surface area contributed by atoms with Crippen LogP contribution >= 0.6 is 0 Å². The van der Waals surface area contributed by atoms with E-state index >= 15 is 0 Å². The van der Waals surface area contributed by atoms with Crippen molar-refractivity contribution in [2.45, 2.75) is 45.7 Å². The van der Waals surface area contributed by atoms with Crippen LogP contribution in [0.3, 0.4) is 0 Å². The molecule has 4 heteroatoms. The van der Waals surface area contributed by atoms with Gasteiger partial charge in [-0.25, -0.2) is 10.8 Å². The first-order valence-corrected chi connectivity index (χ1v) is 6.84. The van der Waals surface area contributed by atoms with Gasteiger partial charge in [0.2, 0.25) is 0 Å². The Kier molecular flexibility index (Phi) is 4.55. The average Bonchev–Trinajstić information content (AvgIpc) is 3.19. The van der Waals surface area contributed by atoms with Gasteiger partial charge in [-0.3, -0.25) is 4.90 Å². The molecule has 0 aromatic carbocycles. The van der Waals surface area contributed by atoms with E-state index in [0.717, 1.165) is 24.3 Å².